The molecule has 2 rings (SSSR count). The SMILES string of the molecule is CCOC(=O)c1cc2c(F)ccc(F)c2n1[C@H](C)CNC(=O)OC(C)(C)C. The summed E-state index contributed by atoms with van der Waals surface area (Å²) in [5.41, 5.74) is -0.718. The van der Waals surface area contributed by atoms with Crippen molar-refractivity contribution in [1.82, 2.24) is 9.88 Å². The van der Waals surface area contributed by atoms with Crippen LogP contribution in [-0.2, 0) is 9.47 Å². The molecule has 0 fully saturated rings. The predicted molar refractivity (Wildman–Crippen MR) is 96.8 cm³/mol. The lowest BCUT2D eigenvalue weighted by Crippen LogP contribution is -2.35. The molecule has 0 aliphatic rings. The number of hydrogen-bond acceptors (Lipinski definition) is 4. The second kappa shape index (κ2) is 7.94. The maximum Gasteiger partial charge on any atom is 0.407 e. The predicted octanol–water partition coefficient (Wildman–Crippen LogP) is 4.18. The molecule has 0 radical (unpaired) electrons. The van der Waals surface area contributed by atoms with Crippen molar-refractivity contribution < 1.29 is 27.8 Å². The van der Waals surface area contributed by atoms with Crippen molar-refractivity contribution in [2.45, 2.75) is 46.3 Å². The highest BCUT2D eigenvalue weighted by Crippen LogP contribution is 2.29. The first-order valence-electron chi connectivity index (χ1n) is 8.68. The van der Waals surface area contributed by atoms with Crippen LogP contribution in [-0.4, -0.2) is 35.4 Å². The van der Waals surface area contributed by atoms with E-state index in [9.17, 15) is 18.4 Å². The molecule has 2 aromatic rings. The summed E-state index contributed by atoms with van der Waals surface area (Å²) in [7, 11) is 0. The van der Waals surface area contributed by atoms with Crippen LogP contribution in [0, 0.1) is 11.6 Å². The van der Waals surface area contributed by atoms with E-state index in [0.717, 1.165) is 12.1 Å². The molecule has 0 saturated carbocycles. The number of esters is 1. The van der Waals surface area contributed by atoms with E-state index >= 15 is 0 Å². The number of alkyl carbamates (subject to hydrolysis) is 1. The van der Waals surface area contributed by atoms with Crippen molar-refractivity contribution in [3.8, 4) is 0 Å². The Morgan fingerprint density at radius 3 is 2.44 bits per heavy atom. The monoisotopic (exact) mass is 382 g/mol. The molecule has 8 heteroatoms. The number of carbonyl (C=O) groups excluding carboxylic acids is 2. The highest BCUT2D eigenvalue weighted by molar-refractivity contribution is 5.96. The largest absolute Gasteiger partial charge is 0.461 e. The van der Waals surface area contributed by atoms with Gasteiger partial charge in [-0.1, -0.05) is 0 Å². The molecule has 0 spiro atoms. The molecule has 0 saturated heterocycles. The highest BCUT2D eigenvalue weighted by atomic mass is 19.1. The van der Waals surface area contributed by atoms with Gasteiger partial charge in [0.2, 0.25) is 0 Å². The first-order valence-corrected chi connectivity index (χ1v) is 8.68. The van der Waals surface area contributed by atoms with Crippen molar-refractivity contribution >= 4 is 23.0 Å². The molecule has 1 heterocycles. The molecule has 1 amide bonds. The number of amides is 1. The van der Waals surface area contributed by atoms with Crippen LogP contribution >= 0.6 is 0 Å². The van der Waals surface area contributed by atoms with Crippen molar-refractivity contribution in [2.75, 3.05) is 13.2 Å². The van der Waals surface area contributed by atoms with Gasteiger partial charge in [0.1, 0.15) is 22.9 Å². The molecular formula is C19H24F2N2O4. The average molecular weight is 382 g/mol. The van der Waals surface area contributed by atoms with Gasteiger partial charge in [-0.05, 0) is 52.8 Å². The zero-order valence-electron chi connectivity index (χ0n) is 16.1. The van der Waals surface area contributed by atoms with Gasteiger partial charge in [-0.25, -0.2) is 18.4 Å². The van der Waals surface area contributed by atoms with Crippen LogP contribution < -0.4 is 5.32 Å². The maximum atomic E-state index is 14.4. The minimum absolute atomic E-state index is 0.00865. The van der Waals surface area contributed by atoms with E-state index in [2.05, 4.69) is 5.32 Å². The first kappa shape index (κ1) is 20.7. The Morgan fingerprint density at radius 1 is 1.22 bits per heavy atom. The van der Waals surface area contributed by atoms with Crippen molar-refractivity contribution in [3.05, 3.63) is 35.5 Å². The average Bonchev–Trinajstić information content (AvgIpc) is 2.97. The van der Waals surface area contributed by atoms with Gasteiger partial charge in [0.05, 0.1) is 12.1 Å². The van der Waals surface area contributed by atoms with E-state index in [1.165, 1.54) is 10.6 Å². The van der Waals surface area contributed by atoms with E-state index in [-0.39, 0.29) is 29.7 Å². The molecule has 1 N–H and O–H groups in total. The number of nitrogens with one attached hydrogen (secondary N) is 1. The summed E-state index contributed by atoms with van der Waals surface area (Å²) in [6.07, 6.45) is -0.643. The number of ether oxygens (including phenoxy) is 2. The van der Waals surface area contributed by atoms with Crippen molar-refractivity contribution in [3.63, 3.8) is 0 Å². The van der Waals surface area contributed by atoms with E-state index in [0.29, 0.717) is 0 Å². The molecule has 0 bridgehead atoms. The summed E-state index contributed by atoms with van der Waals surface area (Å²) in [6.45, 7) is 8.66. The van der Waals surface area contributed by atoms with E-state index in [4.69, 9.17) is 9.47 Å². The Hall–Kier alpha value is -2.64. The van der Waals surface area contributed by atoms with Gasteiger partial charge in [0.25, 0.3) is 0 Å². The van der Waals surface area contributed by atoms with Gasteiger partial charge < -0.3 is 19.4 Å². The fraction of sp³-hybridized carbons (Fsp3) is 0.474. The number of nitrogens with zero attached hydrogens (tertiary/aromatic N) is 1. The summed E-state index contributed by atoms with van der Waals surface area (Å²) in [5.74, 6) is -2.02. The van der Waals surface area contributed by atoms with E-state index in [1.807, 2.05) is 0 Å². The van der Waals surface area contributed by atoms with Gasteiger partial charge in [0.15, 0.2) is 0 Å². The van der Waals surface area contributed by atoms with Crippen LogP contribution in [0.2, 0.25) is 0 Å². The van der Waals surface area contributed by atoms with Crippen molar-refractivity contribution in [2.24, 2.45) is 0 Å². The lowest BCUT2D eigenvalue weighted by molar-refractivity contribution is 0.0512. The molecule has 1 aromatic carbocycles. The Bertz CT molecular complexity index is 855. The summed E-state index contributed by atoms with van der Waals surface area (Å²) >= 11 is 0. The molecule has 0 unspecified atom stereocenters. The normalized spacial score (nSPS) is 12.7. The van der Waals surface area contributed by atoms with Crippen LogP contribution in [0.15, 0.2) is 18.2 Å². The topological polar surface area (TPSA) is 69.6 Å². The highest BCUT2D eigenvalue weighted by Gasteiger charge is 2.25. The summed E-state index contributed by atoms with van der Waals surface area (Å²) in [4.78, 5) is 24.2. The fourth-order valence-corrected chi connectivity index (χ4v) is 2.72. The molecule has 0 aliphatic heterocycles. The van der Waals surface area contributed by atoms with Gasteiger partial charge >= 0.3 is 12.1 Å². The van der Waals surface area contributed by atoms with Crippen LogP contribution in [0.5, 0.6) is 0 Å². The Balaban J connectivity index is 2.39. The van der Waals surface area contributed by atoms with Crippen LogP contribution in [0.1, 0.15) is 51.1 Å². The smallest absolute Gasteiger partial charge is 0.407 e. The summed E-state index contributed by atoms with van der Waals surface area (Å²) in [5, 5.41) is 2.55. The van der Waals surface area contributed by atoms with Crippen LogP contribution in [0.3, 0.4) is 0 Å². The van der Waals surface area contributed by atoms with Gasteiger partial charge in [-0.2, -0.15) is 0 Å². The molecule has 1 aromatic heterocycles. The Morgan fingerprint density at radius 2 is 1.85 bits per heavy atom. The third-order valence-electron chi connectivity index (χ3n) is 3.76. The third-order valence-corrected chi connectivity index (χ3v) is 3.76. The number of halogens is 2. The fourth-order valence-electron chi connectivity index (χ4n) is 2.72. The van der Waals surface area contributed by atoms with Gasteiger partial charge in [0, 0.05) is 18.0 Å². The zero-order chi connectivity index (χ0) is 20.4. The second-order valence-corrected chi connectivity index (χ2v) is 7.14. The Kier molecular flexibility index (Phi) is 6.08. The number of benzene rings is 1. The van der Waals surface area contributed by atoms with Crippen LogP contribution in [0.25, 0.3) is 10.9 Å². The lowest BCUT2D eigenvalue weighted by atomic mass is 10.2. The molecule has 6 nitrogen and oxygen atoms in total. The first-order chi connectivity index (χ1) is 12.5. The third kappa shape index (κ3) is 4.75. The zero-order valence-corrected chi connectivity index (χ0v) is 16.1. The summed E-state index contributed by atoms with van der Waals surface area (Å²) < 4.78 is 40.1. The molecule has 27 heavy (non-hydrogen) atoms. The minimum Gasteiger partial charge on any atom is -0.461 e. The number of rotatable bonds is 5. The second-order valence-electron chi connectivity index (χ2n) is 7.14. The molecule has 1 atom stereocenters. The lowest BCUT2D eigenvalue weighted by Gasteiger charge is -2.22. The number of aromatic nitrogens is 1. The number of carbonyl (C=O) groups is 2. The van der Waals surface area contributed by atoms with Gasteiger partial charge in [-0.3, -0.25) is 0 Å². The molecular weight excluding hydrogens is 358 g/mol. The molecule has 0 aliphatic carbocycles. The summed E-state index contributed by atoms with van der Waals surface area (Å²) in [6, 6.07) is 2.69. The van der Waals surface area contributed by atoms with Crippen molar-refractivity contribution in [1.29, 1.82) is 0 Å². The standard InChI is InChI=1S/C19H24F2N2O4/c1-6-26-17(24)15-9-12-13(20)7-8-14(21)16(12)23(15)11(2)10-22-18(25)27-19(3,4)5/h7-9,11H,6,10H2,1-5H3,(H,22,25)/t11-/m1/s1. The minimum atomic E-state index is -0.698. The van der Waals surface area contributed by atoms with E-state index < -0.39 is 35.3 Å². The number of hydrogen-bond donors (Lipinski definition) is 1. The quantitative estimate of drug-likeness (QED) is 0.788. The van der Waals surface area contributed by atoms with Crippen LogP contribution in [0.4, 0.5) is 13.6 Å². The number of fused-ring (bicyclic) bond motifs is 1. The molecule has 148 valence electrons. The van der Waals surface area contributed by atoms with E-state index in [1.54, 1.807) is 34.6 Å². The van der Waals surface area contributed by atoms with Gasteiger partial charge in [-0.15, -0.1) is 0 Å². The Labute approximate surface area is 156 Å². The maximum absolute atomic E-state index is 14.4.